The van der Waals surface area contributed by atoms with E-state index in [0.717, 1.165) is 12.5 Å². The van der Waals surface area contributed by atoms with Crippen molar-refractivity contribution in [3.63, 3.8) is 0 Å². The SMILES string of the molecule is CC(C)CN(CC(C)(C)CN(C)C)C(C)C. The molecule has 0 atom stereocenters. The van der Waals surface area contributed by atoms with Crippen LogP contribution in [0.15, 0.2) is 0 Å². The summed E-state index contributed by atoms with van der Waals surface area (Å²) in [5, 5.41) is 0. The Morgan fingerprint density at radius 1 is 0.938 bits per heavy atom. The lowest BCUT2D eigenvalue weighted by atomic mass is 9.91. The van der Waals surface area contributed by atoms with Crippen molar-refractivity contribution < 1.29 is 0 Å². The second kappa shape index (κ2) is 6.61. The highest BCUT2D eigenvalue weighted by atomic mass is 15.2. The molecule has 0 heterocycles. The van der Waals surface area contributed by atoms with Crippen LogP contribution in [0.2, 0.25) is 0 Å². The second-order valence-electron chi connectivity index (χ2n) is 6.82. The van der Waals surface area contributed by atoms with E-state index in [1.807, 2.05) is 0 Å². The van der Waals surface area contributed by atoms with Crippen molar-refractivity contribution in [2.24, 2.45) is 11.3 Å². The third-order valence-electron chi connectivity index (χ3n) is 2.71. The standard InChI is InChI=1S/C14H32N2/c1-12(2)9-16(13(3)4)11-14(5,6)10-15(7)8/h12-13H,9-11H2,1-8H3. The number of nitrogens with zero attached hydrogens (tertiary/aromatic N) is 2. The minimum absolute atomic E-state index is 0.364. The van der Waals surface area contributed by atoms with Crippen LogP contribution in [-0.4, -0.2) is 49.6 Å². The van der Waals surface area contributed by atoms with Gasteiger partial charge in [-0.15, -0.1) is 0 Å². The van der Waals surface area contributed by atoms with Gasteiger partial charge in [-0.1, -0.05) is 27.7 Å². The highest BCUT2D eigenvalue weighted by molar-refractivity contribution is 4.78. The molecule has 0 aromatic carbocycles. The van der Waals surface area contributed by atoms with Crippen molar-refractivity contribution in [1.82, 2.24) is 9.80 Å². The van der Waals surface area contributed by atoms with E-state index in [9.17, 15) is 0 Å². The zero-order valence-electron chi connectivity index (χ0n) is 12.7. The van der Waals surface area contributed by atoms with Crippen LogP contribution in [0.5, 0.6) is 0 Å². The molecule has 0 unspecified atom stereocenters. The van der Waals surface area contributed by atoms with Gasteiger partial charge < -0.3 is 9.80 Å². The van der Waals surface area contributed by atoms with Crippen LogP contribution in [-0.2, 0) is 0 Å². The average molecular weight is 228 g/mol. The first-order valence-corrected chi connectivity index (χ1v) is 6.53. The van der Waals surface area contributed by atoms with Crippen molar-refractivity contribution in [2.75, 3.05) is 33.7 Å². The lowest BCUT2D eigenvalue weighted by Gasteiger charge is -2.37. The molecule has 0 saturated carbocycles. The average Bonchev–Trinajstić information content (AvgIpc) is 1.98. The largest absolute Gasteiger partial charge is 0.309 e. The summed E-state index contributed by atoms with van der Waals surface area (Å²) in [6.45, 7) is 17.5. The smallest absolute Gasteiger partial charge is 0.00477 e. The zero-order valence-corrected chi connectivity index (χ0v) is 12.7. The maximum absolute atomic E-state index is 2.61. The number of hydrogen-bond donors (Lipinski definition) is 0. The highest BCUT2D eigenvalue weighted by Gasteiger charge is 2.24. The predicted molar refractivity (Wildman–Crippen MR) is 73.9 cm³/mol. The molecule has 0 amide bonds. The van der Waals surface area contributed by atoms with E-state index < -0.39 is 0 Å². The van der Waals surface area contributed by atoms with Crippen LogP contribution in [0.3, 0.4) is 0 Å². The Bertz CT molecular complexity index is 183. The molecule has 0 aliphatic rings. The molecule has 0 radical (unpaired) electrons. The van der Waals surface area contributed by atoms with Gasteiger partial charge in [0.25, 0.3) is 0 Å². The molecule has 0 N–H and O–H groups in total. The molecule has 0 aromatic rings. The topological polar surface area (TPSA) is 6.48 Å². The van der Waals surface area contributed by atoms with Crippen LogP contribution in [0.1, 0.15) is 41.5 Å². The molecule has 0 aliphatic carbocycles. The first-order chi connectivity index (χ1) is 7.14. The zero-order chi connectivity index (χ0) is 12.9. The van der Waals surface area contributed by atoms with Gasteiger partial charge in [0.1, 0.15) is 0 Å². The van der Waals surface area contributed by atoms with Crippen molar-refractivity contribution in [1.29, 1.82) is 0 Å². The Labute approximate surface area is 103 Å². The Kier molecular flexibility index (Phi) is 6.57. The van der Waals surface area contributed by atoms with Gasteiger partial charge in [0.15, 0.2) is 0 Å². The summed E-state index contributed by atoms with van der Waals surface area (Å²) in [6, 6.07) is 0.642. The molecule has 0 spiro atoms. The van der Waals surface area contributed by atoms with Gasteiger partial charge in [-0.3, -0.25) is 0 Å². The van der Waals surface area contributed by atoms with E-state index in [0.29, 0.717) is 11.5 Å². The molecule has 2 nitrogen and oxygen atoms in total. The van der Waals surface area contributed by atoms with Gasteiger partial charge in [0.05, 0.1) is 0 Å². The lowest BCUT2D eigenvalue weighted by Crippen LogP contribution is -2.44. The molecule has 16 heavy (non-hydrogen) atoms. The number of hydrogen-bond acceptors (Lipinski definition) is 2. The maximum atomic E-state index is 2.61. The van der Waals surface area contributed by atoms with Gasteiger partial charge in [0, 0.05) is 25.7 Å². The summed E-state index contributed by atoms with van der Waals surface area (Å²) < 4.78 is 0. The van der Waals surface area contributed by atoms with E-state index in [4.69, 9.17) is 0 Å². The monoisotopic (exact) mass is 228 g/mol. The fraction of sp³-hybridized carbons (Fsp3) is 1.00. The van der Waals surface area contributed by atoms with Crippen LogP contribution in [0.4, 0.5) is 0 Å². The minimum atomic E-state index is 0.364. The molecule has 0 rings (SSSR count). The second-order valence-corrected chi connectivity index (χ2v) is 6.82. The van der Waals surface area contributed by atoms with Crippen molar-refractivity contribution in [3.8, 4) is 0 Å². The molecule has 0 fully saturated rings. The Morgan fingerprint density at radius 3 is 1.75 bits per heavy atom. The third kappa shape index (κ3) is 7.24. The van der Waals surface area contributed by atoms with Gasteiger partial charge in [-0.2, -0.15) is 0 Å². The molecular formula is C14H32N2. The van der Waals surface area contributed by atoms with Gasteiger partial charge in [-0.25, -0.2) is 0 Å². The summed E-state index contributed by atoms with van der Waals surface area (Å²) in [5.41, 5.74) is 0.364. The summed E-state index contributed by atoms with van der Waals surface area (Å²) in [4.78, 5) is 4.89. The summed E-state index contributed by atoms with van der Waals surface area (Å²) >= 11 is 0. The third-order valence-corrected chi connectivity index (χ3v) is 2.71. The fourth-order valence-corrected chi connectivity index (χ4v) is 2.38. The molecule has 98 valence electrons. The highest BCUT2D eigenvalue weighted by Crippen LogP contribution is 2.20. The normalized spacial score (nSPS) is 13.5. The van der Waals surface area contributed by atoms with Crippen LogP contribution in [0.25, 0.3) is 0 Å². The van der Waals surface area contributed by atoms with E-state index in [-0.39, 0.29) is 0 Å². The molecule has 2 heteroatoms. The first-order valence-electron chi connectivity index (χ1n) is 6.53. The summed E-state index contributed by atoms with van der Waals surface area (Å²) in [5.74, 6) is 0.748. The maximum Gasteiger partial charge on any atom is 0.00477 e. The minimum Gasteiger partial charge on any atom is -0.309 e. The molecule has 0 saturated heterocycles. The molecular weight excluding hydrogens is 196 g/mol. The van der Waals surface area contributed by atoms with Crippen molar-refractivity contribution >= 4 is 0 Å². The summed E-state index contributed by atoms with van der Waals surface area (Å²) in [6.07, 6.45) is 0. The first kappa shape index (κ1) is 15.9. The van der Waals surface area contributed by atoms with E-state index in [1.165, 1.54) is 13.1 Å². The molecule has 0 aromatic heterocycles. The lowest BCUT2D eigenvalue weighted by molar-refractivity contribution is 0.109. The van der Waals surface area contributed by atoms with Gasteiger partial charge in [0.2, 0.25) is 0 Å². The Hall–Kier alpha value is -0.0800. The Morgan fingerprint density at radius 2 is 1.44 bits per heavy atom. The Balaban J connectivity index is 4.37. The fourth-order valence-electron chi connectivity index (χ4n) is 2.38. The van der Waals surface area contributed by atoms with E-state index >= 15 is 0 Å². The number of rotatable bonds is 7. The summed E-state index contributed by atoms with van der Waals surface area (Å²) in [7, 11) is 4.31. The van der Waals surface area contributed by atoms with Crippen LogP contribution < -0.4 is 0 Å². The van der Waals surface area contributed by atoms with E-state index in [1.54, 1.807) is 0 Å². The molecule has 0 aliphatic heterocycles. The quantitative estimate of drug-likeness (QED) is 0.661. The van der Waals surface area contributed by atoms with Crippen molar-refractivity contribution in [2.45, 2.75) is 47.6 Å². The van der Waals surface area contributed by atoms with Crippen LogP contribution >= 0.6 is 0 Å². The predicted octanol–water partition coefficient (Wildman–Crippen LogP) is 2.94. The molecule has 0 bridgehead atoms. The van der Waals surface area contributed by atoms with E-state index in [2.05, 4.69) is 65.4 Å². The van der Waals surface area contributed by atoms with Gasteiger partial charge >= 0.3 is 0 Å². The van der Waals surface area contributed by atoms with Gasteiger partial charge in [-0.05, 0) is 39.3 Å². The van der Waals surface area contributed by atoms with Crippen molar-refractivity contribution in [3.05, 3.63) is 0 Å². The van der Waals surface area contributed by atoms with Crippen LogP contribution in [0, 0.1) is 11.3 Å².